The van der Waals surface area contributed by atoms with Gasteiger partial charge in [0.05, 0.1) is 11.5 Å². The third-order valence-electron chi connectivity index (χ3n) is 2.85. The van der Waals surface area contributed by atoms with E-state index in [2.05, 4.69) is 0 Å². The zero-order valence-electron chi connectivity index (χ0n) is 11.5. The van der Waals surface area contributed by atoms with Gasteiger partial charge in [0.25, 0.3) is 0 Å². The largest absolute Gasteiger partial charge is 0.380 e. The predicted octanol–water partition coefficient (Wildman–Crippen LogP) is 2.39. The first-order valence-electron chi connectivity index (χ1n) is 6.13. The molecule has 0 saturated carbocycles. The molecular formula is C13H20ClNO3S. The number of aryl methyl sites for hydroxylation is 1. The maximum Gasteiger partial charge on any atom is 0.243 e. The Labute approximate surface area is 120 Å². The first-order valence-corrected chi connectivity index (χ1v) is 8.10. The molecule has 1 aromatic rings. The number of alkyl halides is 1. The van der Waals surface area contributed by atoms with Crippen molar-refractivity contribution in [3.63, 3.8) is 0 Å². The Morgan fingerprint density at radius 2 is 2.05 bits per heavy atom. The van der Waals surface area contributed by atoms with Gasteiger partial charge in [-0.2, -0.15) is 4.31 Å². The molecule has 0 radical (unpaired) electrons. The minimum atomic E-state index is -3.49. The van der Waals surface area contributed by atoms with E-state index in [1.165, 1.54) is 4.31 Å². The van der Waals surface area contributed by atoms with Crippen LogP contribution in [0.15, 0.2) is 23.1 Å². The van der Waals surface area contributed by atoms with Crippen LogP contribution >= 0.6 is 11.6 Å². The minimum absolute atomic E-state index is 0.297. The molecule has 0 N–H and O–H groups in total. The Morgan fingerprint density at radius 3 is 2.63 bits per heavy atom. The van der Waals surface area contributed by atoms with Gasteiger partial charge in [0.15, 0.2) is 0 Å². The van der Waals surface area contributed by atoms with Gasteiger partial charge >= 0.3 is 0 Å². The third kappa shape index (κ3) is 4.18. The first-order chi connectivity index (χ1) is 8.93. The number of ether oxygens (including phenoxy) is 1. The highest BCUT2D eigenvalue weighted by atomic mass is 35.5. The van der Waals surface area contributed by atoms with Crippen molar-refractivity contribution in [2.45, 2.75) is 24.6 Å². The molecule has 0 saturated heterocycles. The average Bonchev–Trinajstić information content (AvgIpc) is 2.39. The SMILES string of the molecule is CCOCCN(C)S(=O)(=O)c1cc(CCl)ccc1C. The van der Waals surface area contributed by atoms with Crippen molar-refractivity contribution in [3.8, 4) is 0 Å². The van der Waals surface area contributed by atoms with Crippen LogP contribution in [-0.4, -0.2) is 39.5 Å². The second kappa shape index (κ2) is 7.24. The first kappa shape index (κ1) is 16.4. The lowest BCUT2D eigenvalue weighted by atomic mass is 10.2. The van der Waals surface area contributed by atoms with Crippen molar-refractivity contribution >= 4 is 21.6 Å². The molecule has 19 heavy (non-hydrogen) atoms. The van der Waals surface area contributed by atoms with Gasteiger partial charge in [0.1, 0.15) is 0 Å². The van der Waals surface area contributed by atoms with Gasteiger partial charge in [-0.25, -0.2) is 8.42 Å². The molecule has 0 aromatic heterocycles. The van der Waals surface area contributed by atoms with E-state index < -0.39 is 10.0 Å². The molecule has 1 aromatic carbocycles. The summed E-state index contributed by atoms with van der Waals surface area (Å²) < 4.78 is 31.4. The van der Waals surface area contributed by atoms with Crippen molar-refractivity contribution < 1.29 is 13.2 Å². The Hall–Kier alpha value is -0.620. The average molecular weight is 306 g/mol. The van der Waals surface area contributed by atoms with E-state index in [1.807, 2.05) is 13.0 Å². The van der Waals surface area contributed by atoms with Crippen LogP contribution in [0.3, 0.4) is 0 Å². The number of nitrogens with zero attached hydrogens (tertiary/aromatic N) is 1. The molecule has 1 rings (SSSR count). The molecule has 108 valence electrons. The van der Waals surface area contributed by atoms with E-state index in [1.54, 1.807) is 26.1 Å². The van der Waals surface area contributed by atoms with E-state index in [-0.39, 0.29) is 0 Å². The van der Waals surface area contributed by atoms with Crippen LogP contribution in [0, 0.1) is 6.92 Å². The van der Waals surface area contributed by atoms with Gasteiger partial charge in [-0.3, -0.25) is 0 Å². The molecule has 0 unspecified atom stereocenters. The summed E-state index contributed by atoms with van der Waals surface area (Å²) in [5.74, 6) is 0.297. The maximum absolute atomic E-state index is 12.4. The van der Waals surface area contributed by atoms with Crippen LogP contribution in [-0.2, 0) is 20.6 Å². The number of sulfonamides is 1. The number of hydrogen-bond acceptors (Lipinski definition) is 3. The van der Waals surface area contributed by atoms with E-state index in [9.17, 15) is 8.42 Å². The zero-order chi connectivity index (χ0) is 14.5. The number of rotatable bonds is 7. The zero-order valence-corrected chi connectivity index (χ0v) is 13.1. The van der Waals surface area contributed by atoms with Crippen molar-refractivity contribution in [3.05, 3.63) is 29.3 Å². The smallest absolute Gasteiger partial charge is 0.243 e. The van der Waals surface area contributed by atoms with Crippen molar-refractivity contribution in [1.82, 2.24) is 4.31 Å². The van der Waals surface area contributed by atoms with Gasteiger partial charge in [0, 0.05) is 26.1 Å². The highest BCUT2D eigenvalue weighted by molar-refractivity contribution is 7.89. The molecule has 0 aliphatic rings. The van der Waals surface area contributed by atoms with Crippen molar-refractivity contribution in [1.29, 1.82) is 0 Å². The summed E-state index contributed by atoms with van der Waals surface area (Å²) in [5, 5.41) is 0. The summed E-state index contributed by atoms with van der Waals surface area (Å²) in [6.07, 6.45) is 0. The number of likely N-dealkylation sites (N-methyl/N-ethyl adjacent to an activating group) is 1. The molecule has 6 heteroatoms. The van der Waals surface area contributed by atoms with E-state index in [0.717, 1.165) is 11.1 Å². The van der Waals surface area contributed by atoms with Gasteiger partial charge in [-0.15, -0.1) is 11.6 Å². The molecule has 0 bridgehead atoms. The second-order valence-electron chi connectivity index (χ2n) is 4.26. The topological polar surface area (TPSA) is 46.6 Å². The Kier molecular flexibility index (Phi) is 6.26. The predicted molar refractivity (Wildman–Crippen MR) is 77.0 cm³/mol. The standard InChI is InChI=1S/C13H20ClNO3S/c1-4-18-8-7-15(3)19(16,17)13-9-12(10-14)6-5-11(13)2/h5-6,9H,4,7-8,10H2,1-3H3. The summed E-state index contributed by atoms with van der Waals surface area (Å²) >= 11 is 5.75. The van der Waals surface area contributed by atoms with Crippen LogP contribution in [0.25, 0.3) is 0 Å². The molecule has 0 heterocycles. The molecule has 4 nitrogen and oxygen atoms in total. The molecule has 0 spiro atoms. The molecule has 0 fully saturated rings. The van der Waals surface area contributed by atoms with Crippen LogP contribution < -0.4 is 0 Å². The van der Waals surface area contributed by atoms with Gasteiger partial charge < -0.3 is 4.74 Å². The van der Waals surface area contributed by atoms with Gasteiger partial charge in [-0.1, -0.05) is 12.1 Å². The number of halogens is 1. The highest BCUT2D eigenvalue weighted by Gasteiger charge is 2.22. The fourth-order valence-electron chi connectivity index (χ4n) is 1.63. The fraction of sp³-hybridized carbons (Fsp3) is 0.538. The van der Waals surface area contributed by atoms with Crippen LogP contribution in [0.5, 0.6) is 0 Å². The van der Waals surface area contributed by atoms with E-state index in [4.69, 9.17) is 16.3 Å². The summed E-state index contributed by atoms with van der Waals surface area (Å²) in [7, 11) is -1.93. The summed E-state index contributed by atoms with van der Waals surface area (Å²) in [5.41, 5.74) is 1.51. The van der Waals surface area contributed by atoms with Crippen LogP contribution in [0.4, 0.5) is 0 Å². The Balaban J connectivity index is 2.99. The Morgan fingerprint density at radius 1 is 1.37 bits per heavy atom. The summed E-state index contributed by atoms with van der Waals surface area (Å²) in [6.45, 7) is 4.96. The lowest BCUT2D eigenvalue weighted by molar-refractivity contribution is 0.138. The Bertz CT molecular complexity index is 517. The minimum Gasteiger partial charge on any atom is -0.380 e. The molecule has 0 aliphatic heterocycles. The van der Waals surface area contributed by atoms with Gasteiger partial charge in [0.2, 0.25) is 10.0 Å². The molecule has 0 aliphatic carbocycles. The summed E-state index contributed by atoms with van der Waals surface area (Å²) in [4.78, 5) is 0.310. The monoisotopic (exact) mass is 305 g/mol. The van der Waals surface area contributed by atoms with Crippen molar-refractivity contribution in [2.75, 3.05) is 26.8 Å². The fourth-order valence-corrected chi connectivity index (χ4v) is 3.22. The quantitative estimate of drug-likeness (QED) is 0.574. The number of benzene rings is 1. The molecule has 0 atom stereocenters. The van der Waals surface area contributed by atoms with Crippen LogP contribution in [0.2, 0.25) is 0 Å². The molecule has 0 amide bonds. The number of hydrogen-bond donors (Lipinski definition) is 0. The lowest BCUT2D eigenvalue weighted by Crippen LogP contribution is -2.30. The second-order valence-corrected chi connectivity index (χ2v) is 6.54. The highest BCUT2D eigenvalue weighted by Crippen LogP contribution is 2.21. The third-order valence-corrected chi connectivity index (χ3v) is 5.16. The van der Waals surface area contributed by atoms with Crippen LogP contribution in [0.1, 0.15) is 18.1 Å². The van der Waals surface area contributed by atoms with E-state index >= 15 is 0 Å². The molecular weight excluding hydrogens is 286 g/mol. The van der Waals surface area contributed by atoms with Gasteiger partial charge in [-0.05, 0) is 31.0 Å². The van der Waals surface area contributed by atoms with E-state index in [0.29, 0.717) is 30.5 Å². The van der Waals surface area contributed by atoms with Crippen molar-refractivity contribution in [2.24, 2.45) is 0 Å². The lowest BCUT2D eigenvalue weighted by Gasteiger charge is -2.18. The maximum atomic E-state index is 12.4. The summed E-state index contributed by atoms with van der Waals surface area (Å²) in [6, 6.07) is 5.25. The normalized spacial score (nSPS) is 12.1.